The Kier molecular flexibility index (Phi) is 4.16. The number of carboxylic acid groups (broad SMARTS) is 1. The summed E-state index contributed by atoms with van der Waals surface area (Å²) in [5, 5.41) is 8.61. The van der Waals surface area contributed by atoms with Crippen molar-refractivity contribution in [1.29, 1.82) is 0 Å². The molecule has 0 radical (unpaired) electrons. The topological polar surface area (TPSA) is 87.6 Å². The third-order valence-corrected chi connectivity index (χ3v) is 4.81. The maximum absolute atomic E-state index is 12.2. The van der Waals surface area contributed by atoms with Gasteiger partial charge in [0.2, 0.25) is 10.0 Å². The van der Waals surface area contributed by atoms with E-state index in [1.165, 1.54) is 4.31 Å². The van der Waals surface area contributed by atoms with Gasteiger partial charge in [-0.2, -0.15) is 4.31 Å². The highest BCUT2D eigenvalue weighted by Crippen LogP contribution is 2.31. The molecule has 6 nitrogen and oxygen atoms in total. The van der Waals surface area contributed by atoms with E-state index in [0.717, 1.165) is 18.4 Å². The Bertz CT molecular complexity index is 540. The molecule has 0 spiro atoms. The standard InChI is InChI=1S/C12H16N2O4S/c15-12(16)5-7-19(17,18)14(11-3-4-11)9-10-2-1-6-13-8-10/h1-2,6,8,11H,3-5,7,9H2,(H,15,16). The van der Waals surface area contributed by atoms with Crippen molar-refractivity contribution in [3.8, 4) is 0 Å². The van der Waals surface area contributed by atoms with Crippen LogP contribution in [0.1, 0.15) is 24.8 Å². The van der Waals surface area contributed by atoms with Crippen molar-refractivity contribution >= 4 is 16.0 Å². The Morgan fingerprint density at radius 3 is 2.74 bits per heavy atom. The average molecular weight is 284 g/mol. The molecule has 1 fully saturated rings. The first-order chi connectivity index (χ1) is 8.99. The number of aliphatic carboxylic acids is 1. The van der Waals surface area contributed by atoms with Crippen LogP contribution < -0.4 is 0 Å². The lowest BCUT2D eigenvalue weighted by Crippen LogP contribution is -2.35. The molecule has 1 aromatic heterocycles. The minimum atomic E-state index is -3.53. The highest BCUT2D eigenvalue weighted by atomic mass is 32.2. The van der Waals surface area contributed by atoms with Crippen LogP contribution in [0.25, 0.3) is 0 Å². The fraction of sp³-hybridized carbons (Fsp3) is 0.500. The predicted molar refractivity (Wildman–Crippen MR) is 68.8 cm³/mol. The van der Waals surface area contributed by atoms with Gasteiger partial charge in [-0.25, -0.2) is 8.42 Å². The van der Waals surface area contributed by atoms with Gasteiger partial charge in [0.15, 0.2) is 0 Å². The summed E-state index contributed by atoms with van der Waals surface area (Å²) in [6.07, 6.45) is 4.57. The van der Waals surface area contributed by atoms with E-state index in [1.54, 1.807) is 18.5 Å². The van der Waals surface area contributed by atoms with Gasteiger partial charge < -0.3 is 5.11 Å². The number of rotatable bonds is 7. The summed E-state index contributed by atoms with van der Waals surface area (Å²) in [7, 11) is -3.53. The number of carboxylic acids is 1. The highest BCUT2D eigenvalue weighted by Gasteiger charge is 2.37. The van der Waals surface area contributed by atoms with Gasteiger partial charge in [0.05, 0.1) is 12.2 Å². The number of sulfonamides is 1. The predicted octanol–water partition coefficient (Wildman–Crippen LogP) is 0.850. The van der Waals surface area contributed by atoms with E-state index in [4.69, 9.17) is 5.11 Å². The van der Waals surface area contributed by atoms with Crippen molar-refractivity contribution in [3.63, 3.8) is 0 Å². The van der Waals surface area contributed by atoms with Crippen molar-refractivity contribution in [2.75, 3.05) is 5.75 Å². The largest absolute Gasteiger partial charge is 0.481 e. The first-order valence-electron chi connectivity index (χ1n) is 6.09. The van der Waals surface area contributed by atoms with Gasteiger partial charge in [0.25, 0.3) is 0 Å². The SMILES string of the molecule is O=C(O)CCS(=O)(=O)N(Cc1cccnc1)C1CC1. The molecule has 1 N–H and O–H groups in total. The number of nitrogens with zero attached hydrogens (tertiary/aromatic N) is 2. The maximum atomic E-state index is 12.2. The van der Waals surface area contributed by atoms with Crippen molar-refractivity contribution in [1.82, 2.24) is 9.29 Å². The Labute approximate surface area is 112 Å². The minimum absolute atomic E-state index is 0.0130. The van der Waals surface area contributed by atoms with Crippen LogP contribution in [-0.4, -0.2) is 40.6 Å². The highest BCUT2D eigenvalue weighted by molar-refractivity contribution is 7.89. The third kappa shape index (κ3) is 4.00. The zero-order chi connectivity index (χ0) is 13.9. The maximum Gasteiger partial charge on any atom is 0.304 e. The van der Waals surface area contributed by atoms with Crippen LogP contribution in [0, 0.1) is 0 Å². The van der Waals surface area contributed by atoms with Crippen molar-refractivity contribution in [2.45, 2.75) is 31.8 Å². The molecule has 104 valence electrons. The second kappa shape index (κ2) is 5.66. The van der Waals surface area contributed by atoms with Gasteiger partial charge in [-0.1, -0.05) is 6.07 Å². The lowest BCUT2D eigenvalue weighted by molar-refractivity contribution is -0.136. The molecule has 1 aliphatic rings. The molecule has 1 aromatic rings. The molecule has 0 atom stereocenters. The van der Waals surface area contributed by atoms with Gasteiger partial charge in [-0.15, -0.1) is 0 Å². The normalized spacial score (nSPS) is 15.6. The Morgan fingerprint density at radius 2 is 2.21 bits per heavy atom. The summed E-state index contributed by atoms with van der Waals surface area (Å²) in [6.45, 7) is 0.264. The van der Waals surface area contributed by atoms with Crippen molar-refractivity contribution in [2.24, 2.45) is 0 Å². The molecule has 1 aliphatic carbocycles. The Balaban J connectivity index is 2.09. The van der Waals surface area contributed by atoms with E-state index >= 15 is 0 Å². The zero-order valence-electron chi connectivity index (χ0n) is 10.4. The molecule has 0 amide bonds. The van der Waals surface area contributed by atoms with Gasteiger partial charge in [0, 0.05) is 25.0 Å². The summed E-state index contributed by atoms with van der Waals surface area (Å²) in [6, 6.07) is 3.58. The van der Waals surface area contributed by atoms with Crippen molar-refractivity contribution in [3.05, 3.63) is 30.1 Å². The molecule has 2 rings (SSSR count). The minimum Gasteiger partial charge on any atom is -0.481 e. The van der Waals surface area contributed by atoms with E-state index in [-0.39, 0.29) is 24.8 Å². The Morgan fingerprint density at radius 1 is 1.47 bits per heavy atom. The second-order valence-electron chi connectivity index (χ2n) is 4.60. The summed E-state index contributed by atoms with van der Waals surface area (Å²) in [4.78, 5) is 14.5. The lowest BCUT2D eigenvalue weighted by atomic mass is 10.3. The number of hydrogen-bond acceptors (Lipinski definition) is 4. The monoisotopic (exact) mass is 284 g/mol. The van der Waals surface area contributed by atoms with Crippen LogP contribution in [0.4, 0.5) is 0 Å². The van der Waals surface area contributed by atoms with Gasteiger partial charge in [-0.05, 0) is 24.5 Å². The van der Waals surface area contributed by atoms with E-state index in [0.29, 0.717) is 0 Å². The van der Waals surface area contributed by atoms with Crippen LogP contribution in [0.5, 0.6) is 0 Å². The third-order valence-electron chi connectivity index (χ3n) is 2.95. The number of aromatic nitrogens is 1. The van der Waals surface area contributed by atoms with Crippen LogP contribution >= 0.6 is 0 Å². The molecule has 1 heterocycles. The Hall–Kier alpha value is -1.47. The molecule has 0 aromatic carbocycles. The average Bonchev–Trinajstić information content (AvgIpc) is 3.19. The quantitative estimate of drug-likeness (QED) is 0.802. The summed E-state index contributed by atoms with van der Waals surface area (Å²) >= 11 is 0. The smallest absolute Gasteiger partial charge is 0.304 e. The zero-order valence-corrected chi connectivity index (χ0v) is 11.2. The van der Waals surface area contributed by atoms with E-state index in [9.17, 15) is 13.2 Å². The molecule has 1 saturated carbocycles. The molecule has 7 heteroatoms. The fourth-order valence-electron chi connectivity index (χ4n) is 1.82. The number of hydrogen-bond donors (Lipinski definition) is 1. The van der Waals surface area contributed by atoms with Crippen LogP contribution in [-0.2, 0) is 21.4 Å². The van der Waals surface area contributed by atoms with Gasteiger partial charge >= 0.3 is 5.97 Å². The van der Waals surface area contributed by atoms with Crippen LogP contribution in [0.2, 0.25) is 0 Å². The van der Waals surface area contributed by atoms with Crippen molar-refractivity contribution < 1.29 is 18.3 Å². The first-order valence-corrected chi connectivity index (χ1v) is 7.70. The molecule has 0 unspecified atom stereocenters. The van der Waals surface area contributed by atoms with Gasteiger partial charge in [-0.3, -0.25) is 9.78 Å². The fourth-order valence-corrected chi connectivity index (χ4v) is 3.50. The number of carbonyl (C=O) groups is 1. The molecular formula is C12H16N2O4S. The molecule has 0 aliphatic heterocycles. The van der Waals surface area contributed by atoms with Gasteiger partial charge in [0.1, 0.15) is 0 Å². The van der Waals surface area contributed by atoms with Crippen LogP contribution in [0.15, 0.2) is 24.5 Å². The summed E-state index contributed by atoms with van der Waals surface area (Å²) < 4.78 is 25.7. The molecular weight excluding hydrogens is 268 g/mol. The van der Waals surface area contributed by atoms with Crippen LogP contribution in [0.3, 0.4) is 0 Å². The summed E-state index contributed by atoms with van der Waals surface area (Å²) in [5.74, 6) is -1.44. The lowest BCUT2D eigenvalue weighted by Gasteiger charge is -2.21. The van der Waals surface area contributed by atoms with E-state index in [1.807, 2.05) is 6.07 Å². The summed E-state index contributed by atoms with van der Waals surface area (Å²) in [5.41, 5.74) is 0.813. The van der Waals surface area contributed by atoms with E-state index < -0.39 is 16.0 Å². The van der Waals surface area contributed by atoms with E-state index in [2.05, 4.69) is 4.98 Å². The molecule has 0 saturated heterocycles. The first kappa shape index (κ1) is 14.0. The molecule has 0 bridgehead atoms. The number of pyridine rings is 1. The molecule has 19 heavy (non-hydrogen) atoms. The second-order valence-corrected chi connectivity index (χ2v) is 6.64.